The van der Waals surface area contributed by atoms with E-state index in [1.54, 1.807) is 7.11 Å². The Morgan fingerprint density at radius 2 is 2.00 bits per heavy atom. The Morgan fingerprint density at radius 3 is 2.65 bits per heavy atom. The molecule has 1 atom stereocenters. The number of carbonyl (C=O) groups excluding carboxylic acids is 1. The zero-order chi connectivity index (χ0) is 18.7. The summed E-state index contributed by atoms with van der Waals surface area (Å²) >= 11 is 0. The van der Waals surface area contributed by atoms with Crippen LogP contribution in [0.1, 0.15) is 66.7 Å². The Hall–Kier alpha value is -2.56. The van der Waals surface area contributed by atoms with Gasteiger partial charge < -0.3 is 15.0 Å². The van der Waals surface area contributed by atoms with E-state index in [4.69, 9.17) is 4.74 Å². The third-order valence-corrected chi connectivity index (χ3v) is 4.67. The van der Waals surface area contributed by atoms with E-state index in [9.17, 15) is 9.59 Å². The second kappa shape index (κ2) is 7.77. The van der Waals surface area contributed by atoms with Gasteiger partial charge in [0.1, 0.15) is 5.75 Å². The van der Waals surface area contributed by atoms with Crippen molar-refractivity contribution in [3.8, 4) is 5.75 Å². The van der Waals surface area contributed by atoms with E-state index in [0.717, 1.165) is 36.3 Å². The van der Waals surface area contributed by atoms with Gasteiger partial charge in [-0.25, -0.2) is 0 Å². The van der Waals surface area contributed by atoms with Crippen molar-refractivity contribution in [1.82, 2.24) is 10.3 Å². The monoisotopic (exact) mass is 354 g/mol. The molecule has 1 amide bonds. The van der Waals surface area contributed by atoms with Crippen LogP contribution >= 0.6 is 0 Å². The lowest BCUT2D eigenvalue weighted by Crippen LogP contribution is -2.30. The maximum absolute atomic E-state index is 12.9. The van der Waals surface area contributed by atoms with Crippen molar-refractivity contribution >= 4 is 5.91 Å². The Bertz CT molecular complexity index is 837. The minimum absolute atomic E-state index is 0.178. The number of H-pyrrole nitrogens is 1. The van der Waals surface area contributed by atoms with Crippen LogP contribution in [0, 0.1) is 5.92 Å². The van der Waals surface area contributed by atoms with Crippen LogP contribution in [-0.4, -0.2) is 18.0 Å². The fourth-order valence-corrected chi connectivity index (χ4v) is 3.24. The largest absolute Gasteiger partial charge is 0.496 e. The van der Waals surface area contributed by atoms with E-state index in [1.807, 2.05) is 30.3 Å². The topological polar surface area (TPSA) is 71.2 Å². The van der Waals surface area contributed by atoms with Gasteiger partial charge in [0, 0.05) is 22.9 Å². The molecular formula is C21H26N2O3. The van der Waals surface area contributed by atoms with Crippen LogP contribution in [0.15, 0.2) is 41.2 Å². The van der Waals surface area contributed by atoms with Crippen LogP contribution in [0.3, 0.4) is 0 Å². The zero-order valence-corrected chi connectivity index (χ0v) is 15.5. The summed E-state index contributed by atoms with van der Waals surface area (Å²) in [4.78, 5) is 27.6. The second-order valence-electron chi connectivity index (χ2n) is 7.36. The highest BCUT2D eigenvalue weighted by molar-refractivity contribution is 5.94. The smallest absolute Gasteiger partial charge is 0.252 e. The van der Waals surface area contributed by atoms with Gasteiger partial charge in [-0.3, -0.25) is 9.59 Å². The van der Waals surface area contributed by atoms with E-state index in [2.05, 4.69) is 24.1 Å². The third-order valence-electron chi connectivity index (χ3n) is 4.67. The fourth-order valence-electron chi connectivity index (χ4n) is 3.24. The van der Waals surface area contributed by atoms with Crippen molar-refractivity contribution in [3.63, 3.8) is 0 Å². The number of methoxy groups -OCH3 is 1. The Kier molecular flexibility index (Phi) is 5.45. The van der Waals surface area contributed by atoms with Crippen molar-refractivity contribution in [2.24, 2.45) is 5.92 Å². The molecule has 0 radical (unpaired) electrons. The molecule has 1 aliphatic carbocycles. The number of hydrogen-bond acceptors (Lipinski definition) is 3. The average molecular weight is 354 g/mol. The molecule has 0 bridgehead atoms. The molecule has 1 aliphatic rings. The summed E-state index contributed by atoms with van der Waals surface area (Å²) in [6.45, 7) is 4.24. The van der Waals surface area contributed by atoms with E-state index in [-0.39, 0.29) is 17.5 Å². The Balaban J connectivity index is 1.87. The molecule has 1 heterocycles. The standard InChI is InChI=1S/C21H26N2O3/c1-13(2)10-18(16-6-4-5-7-19(16)26-3)23-21(25)15-11-17(14-8-9-14)22-20(24)12-15/h4-7,11-14,18H,8-10H2,1-3H3,(H,22,24)(H,23,25). The molecule has 2 N–H and O–H groups in total. The highest BCUT2D eigenvalue weighted by atomic mass is 16.5. The number of pyridine rings is 1. The molecule has 0 aliphatic heterocycles. The molecule has 2 aromatic rings. The molecule has 26 heavy (non-hydrogen) atoms. The number of rotatable bonds is 7. The number of aromatic nitrogens is 1. The van der Waals surface area contributed by atoms with E-state index < -0.39 is 0 Å². The predicted molar refractivity (Wildman–Crippen MR) is 102 cm³/mol. The molecule has 0 saturated heterocycles. The molecule has 1 unspecified atom stereocenters. The van der Waals surface area contributed by atoms with Crippen LogP contribution in [0.5, 0.6) is 5.75 Å². The maximum Gasteiger partial charge on any atom is 0.252 e. The number of carbonyl (C=O) groups is 1. The van der Waals surface area contributed by atoms with Crippen molar-refractivity contribution in [3.05, 3.63) is 63.6 Å². The van der Waals surface area contributed by atoms with Crippen molar-refractivity contribution in [1.29, 1.82) is 0 Å². The summed E-state index contributed by atoms with van der Waals surface area (Å²) in [7, 11) is 1.63. The second-order valence-corrected chi connectivity index (χ2v) is 7.36. The van der Waals surface area contributed by atoms with E-state index >= 15 is 0 Å². The highest BCUT2D eigenvalue weighted by Crippen LogP contribution is 2.38. The van der Waals surface area contributed by atoms with Crippen LogP contribution < -0.4 is 15.6 Å². The van der Waals surface area contributed by atoms with Crippen molar-refractivity contribution in [2.75, 3.05) is 7.11 Å². The van der Waals surface area contributed by atoms with Gasteiger partial charge >= 0.3 is 0 Å². The zero-order valence-electron chi connectivity index (χ0n) is 15.5. The van der Waals surface area contributed by atoms with E-state index in [0.29, 0.717) is 17.4 Å². The maximum atomic E-state index is 12.9. The first kappa shape index (κ1) is 18.2. The SMILES string of the molecule is COc1ccccc1C(CC(C)C)NC(=O)c1cc(C2CC2)[nH]c(=O)c1. The molecule has 5 heteroatoms. The summed E-state index contributed by atoms with van der Waals surface area (Å²) in [5.41, 5.74) is 2.00. The van der Waals surface area contributed by atoms with Crippen LogP contribution in [0.4, 0.5) is 0 Å². The lowest BCUT2D eigenvalue weighted by molar-refractivity contribution is 0.0931. The van der Waals surface area contributed by atoms with Gasteiger partial charge in [0.05, 0.1) is 13.2 Å². The highest BCUT2D eigenvalue weighted by Gasteiger charge is 2.26. The lowest BCUT2D eigenvalue weighted by atomic mass is 9.96. The van der Waals surface area contributed by atoms with Gasteiger partial charge in [-0.15, -0.1) is 0 Å². The fraction of sp³-hybridized carbons (Fsp3) is 0.429. The summed E-state index contributed by atoms with van der Waals surface area (Å²) in [6.07, 6.45) is 2.92. The molecule has 1 saturated carbocycles. The van der Waals surface area contributed by atoms with Gasteiger partial charge in [-0.05, 0) is 43.2 Å². The summed E-state index contributed by atoms with van der Waals surface area (Å²) in [5, 5.41) is 3.10. The molecule has 3 rings (SSSR count). The molecule has 1 aromatic carbocycles. The van der Waals surface area contributed by atoms with Crippen LogP contribution in [0.25, 0.3) is 0 Å². The molecule has 138 valence electrons. The van der Waals surface area contributed by atoms with Crippen molar-refractivity contribution < 1.29 is 9.53 Å². The van der Waals surface area contributed by atoms with Gasteiger partial charge in [0.15, 0.2) is 0 Å². The predicted octanol–water partition coefficient (Wildman–Crippen LogP) is 3.78. The normalized spacial score (nSPS) is 14.9. The first-order valence-corrected chi connectivity index (χ1v) is 9.16. The number of aromatic amines is 1. The lowest BCUT2D eigenvalue weighted by Gasteiger charge is -2.23. The number of ether oxygens (including phenoxy) is 1. The number of benzene rings is 1. The molecule has 1 fully saturated rings. The number of nitrogens with one attached hydrogen (secondary N) is 2. The van der Waals surface area contributed by atoms with Gasteiger partial charge in [-0.2, -0.15) is 0 Å². The summed E-state index contributed by atoms with van der Waals surface area (Å²) in [6, 6.07) is 10.7. The Morgan fingerprint density at radius 1 is 1.27 bits per heavy atom. The first-order valence-electron chi connectivity index (χ1n) is 9.16. The molecule has 0 spiro atoms. The first-order chi connectivity index (χ1) is 12.5. The van der Waals surface area contributed by atoms with E-state index in [1.165, 1.54) is 6.07 Å². The number of amides is 1. The van der Waals surface area contributed by atoms with Crippen molar-refractivity contribution in [2.45, 2.75) is 45.1 Å². The molecule has 1 aromatic heterocycles. The minimum Gasteiger partial charge on any atom is -0.496 e. The Labute approximate surface area is 153 Å². The van der Waals surface area contributed by atoms with Gasteiger partial charge in [0.25, 0.3) is 5.91 Å². The van der Waals surface area contributed by atoms with Crippen LogP contribution in [-0.2, 0) is 0 Å². The third kappa shape index (κ3) is 4.34. The molecule has 5 nitrogen and oxygen atoms in total. The minimum atomic E-state index is -0.227. The van der Waals surface area contributed by atoms with Crippen LogP contribution in [0.2, 0.25) is 0 Å². The van der Waals surface area contributed by atoms with Gasteiger partial charge in [-0.1, -0.05) is 32.0 Å². The average Bonchev–Trinajstić information content (AvgIpc) is 3.45. The number of hydrogen-bond donors (Lipinski definition) is 2. The summed E-state index contributed by atoms with van der Waals surface area (Å²) in [5.74, 6) is 1.31. The summed E-state index contributed by atoms with van der Waals surface area (Å²) < 4.78 is 5.47. The van der Waals surface area contributed by atoms with Gasteiger partial charge in [0.2, 0.25) is 5.56 Å². The molecular weight excluding hydrogens is 328 g/mol. The number of para-hydroxylation sites is 1. The quantitative estimate of drug-likeness (QED) is 0.795.